The second-order valence-electron chi connectivity index (χ2n) is 6.81. The zero-order valence-corrected chi connectivity index (χ0v) is 14.5. The Hall–Kier alpha value is -2.63. The summed E-state index contributed by atoms with van der Waals surface area (Å²) in [5, 5.41) is 6.51. The van der Waals surface area contributed by atoms with Crippen LogP contribution in [0, 0.1) is 0 Å². The lowest BCUT2D eigenvalue weighted by atomic mass is 10.0. The first-order chi connectivity index (χ1) is 12.2. The minimum absolute atomic E-state index is 0.109. The Balaban J connectivity index is 1.45. The Morgan fingerprint density at radius 3 is 2.72 bits per heavy atom. The van der Waals surface area contributed by atoms with Crippen LogP contribution in [0.2, 0.25) is 0 Å². The van der Waals surface area contributed by atoms with E-state index in [1.165, 1.54) is 0 Å². The van der Waals surface area contributed by atoms with E-state index >= 15 is 0 Å². The van der Waals surface area contributed by atoms with Gasteiger partial charge in [-0.15, -0.1) is 0 Å². The lowest BCUT2D eigenvalue weighted by Crippen LogP contribution is -2.40. The van der Waals surface area contributed by atoms with Crippen molar-refractivity contribution in [2.75, 3.05) is 24.6 Å². The van der Waals surface area contributed by atoms with Crippen LogP contribution in [0.25, 0.3) is 0 Å². The van der Waals surface area contributed by atoms with Crippen LogP contribution in [0.15, 0.2) is 48.1 Å². The summed E-state index contributed by atoms with van der Waals surface area (Å²) >= 11 is 0. The van der Waals surface area contributed by atoms with Crippen LogP contribution in [0.3, 0.4) is 0 Å². The highest BCUT2D eigenvalue weighted by Gasteiger charge is 2.25. The molecule has 2 aromatic rings. The Kier molecular flexibility index (Phi) is 4.26. The summed E-state index contributed by atoms with van der Waals surface area (Å²) in [6.45, 7) is 4.52. The summed E-state index contributed by atoms with van der Waals surface area (Å²) in [6.07, 6.45) is 8.73. The summed E-state index contributed by atoms with van der Waals surface area (Å²) in [5.74, 6) is 0.109. The molecule has 2 aliphatic rings. The van der Waals surface area contributed by atoms with Gasteiger partial charge in [-0.3, -0.25) is 9.80 Å². The molecule has 6 heteroatoms. The molecule has 1 amide bonds. The average Bonchev–Trinajstić information content (AvgIpc) is 3.33. The molecule has 25 heavy (non-hydrogen) atoms. The Bertz CT molecular complexity index is 766. The number of imidazole rings is 1. The smallest absolute Gasteiger partial charge is 0.253 e. The van der Waals surface area contributed by atoms with Crippen LogP contribution < -0.4 is 5.01 Å². The first-order valence-corrected chi connectivity index (χ1v) is 8.89. The summed E-state index contributed by atoms with van der Waals surface area (Å²) < 4.78 is 2.11. The van der Waals surface area contributed by atoms with Crippen molar-refractivity contribution >= 4 is 17.3 Å². The molecule has 0 N–H and O–H groups in total. The molecular weight excluding hydrogens is 314 g/mol. The largest absolute Gasteiger partial charge is 0.337 e. The van der Waals surface area contributed by atoms with Crippen molar-refractivity contribution in [1.29, 1.82) is 0 Å². The molecule has 0 bridgehead atoms. The van der Waals surface area contributed by atoms with E-state index in [-0.39, 0.29) is 5.91 Å². The number of likely N-dealkylation sites (tertiary alicyclic amines) is 1. The number of anilines is 1. The van der Waals surface area contributed by atoms with Gasteiger partial charge < -0.3 is 9.47 Å². The Morgan fingerprint density at radius 2 is 2.04 bits per heavy atom. The van der Waals surface area contributed by atoms with E-state index in [9.17, 15) is 4.79 Å². The Morgan fingerprint density at radius 1 is 1.20 bits per heavy atom. The molecule has 130 valence electrons. The van der Waals surface area contributed by atoms with E-state index in [0.717, 1.165) is 55.9 Å². The van der Waals surface area contributed by atoms with Crippen molar-refractivity contribution in [3.8, 4) is 0 Å². The van der Waals surface area contributed by atoms with Gasteiger partial charge in [0.05, 0.1) is 18.1 Å². The number of hydrogen-bond acceptors (Lipinski definition) is 4. The Labute approximate surface area is 147 Å². The molecule has 1 fully saturated rings. The van der Waals surface area contributed by atoms with Gasteiger partial charge in [-0.25, -0.2) is 4.98 Å². The van der Waals surface area contributed by atoms with E-state index in [2.05, 4.69) is 14.7 Å². The van der Waals surface area contributed by atoms with E-state index in [4.69, 9.17) is 0 Å². The summed E-state index contributed by atoms with van der Waals surface area (Å²) in [6, 6.07) is 8.14. The van der Waals surface area contributed by atoms with E-state index < -0.39 is 0 Å². The van der Waals surface area contributed by atoms with Crippen LogP contribution in [0.4, 0.5) is 5.69 Å². The third-order valence-electron chi connectivity index (χ3n) is 5.02. The second kappa shape index (κ2) is 6.70. The van der Waals surface area contributed by atoms with Crippen molar-refractivity contribution in [2.45, 2.75) is 32.2 Å². The number of hydrogen-bond donors (Lipinski definition) is 0. The maximum atomic E-state index is 12.9. The maximum Gasteiger partial charge on any atom is 0.253 e. The normalized spacial score (nSPS) is 20.7. The predicted octanol–water partition coefficient (Wildman–Crippen LogP) is 2.95. The predicted molar refractivity (Wildman–Crippen MR) is 97.9 cm³/mol. The molecule has 6 nitrogen and oxygen atoms in total. The molecule has 0 radical (unpaired) electrons. The van der Waals surface area contributed by atoms with Crippen LogP contribution in [-0.2, 0) is 0 Å². The fourth-order valence-electron chi connectivity index (χ4n) is 3.59. The van der Waals surface area contributed by atoms with Crippen molar-refractivity contribution in [2.24, 2.45) is 5.10 Å². The zero-order valence-electron chi connectivity index (χ0n) is 14.5. The minimum Gasteiger partial charge on any atom is -0.337 e. The highest BCUT2D eigenvalue weighted by Crippen LogP contribution is 2.24. The monoisotopic (exact) mass is 337 g/mol. The molecule has 0 spiro atoms. The minimum atomic E-state index is 0.109. The quantitative estimate of drug-likeness (QED) is 0.865. The number of nitrogens with zero attached hydrogens (tertiary/aromatic N) is 5. The van der Waals surface area contributed by atoms with Crippen LogP contribution in [0.1, 0.15) is 42.6 Å². The lowest BCUT2D eigenvalue weighted by Gasteiger charge is -2.33. The number of amides is 1. The van der Waals surface area contributed by atoms with Gasteiger partial charge in [-0.2, -0.15) is 5.10 Å². The van der Waals surface area contributed by atoms with Gasteiger partial charge in [-0.1, -0.05) is 0 Å². The molecular formula is C19H23N5O. The third-order valence-corrected chi connectivity index (χ3v) is 5.02. The number of rotatable bonds is 3. The van der Waals surface area contributed by atoms with E-state index in [0.29, 0.717) is 6.04 Å². The first-order valence-electron chi connectivity index (χ1n) is 8.89. The lowest BCUT2D eigenvalue weighted by molar-refractivity contribution is 0.0679. The molecule has 1 saturated heterocycles. The summed E-state index contributed by atoms with van der Waals surface area (Å²) in [5.41, 5.74) is 2.94. The number of carbonyl (C=O) groups excluding carboxylic acids is 1. The van der Waals surface area contributed by atoms with Crippen molar-refractivity contribution < 1.29 is 4.79 Å². The number of hydrazone groups is 1. The van der Waals surface area contributed by atoms with Crippen LogP contribution in [-0.4, -0.2) is 45.7 Å². The van der Waals surface area contributed by atoms with Gasteiger partial charge in [0.25, 0.3) is 5.91 Å². The van der Waals surface area contributed by atoms with Gasteiger partial charge in [-0.05, 0) is 44.0 Å². The van der Waals surface area contributed by atoms with E-state index in [1.54, 1.807) is 6.20 Å². The maximum absolute atomic E-state index is 12.9. The topological polar surface area (TPSA) is 53.7 Å². The van der Waals surface area contributed by atoms with Crippen molar-refractivity contribution in [3.05, 3.63) is 48.5 Å². The fourth-order valence-corrected chi connectivity index (χ4v) is 3.59. The molecule has 0 unspecified atom stereocenters. The van der Waals surface area contributed by atoms with Gasteiger partial charge in [0.2, 0.25) is 0 Å². The standard InChI is InChI=1S/C19H23N5O/c1-15-8-11-24(21-15)17-6-4-16(5-7-17)19(25)22-10-2-3-18(13-22)23-12-9-20-14-23/h4-7,9,12,14,18H,2-3,8,10-11,13H2,1H3/t18-/m0/s1. The van der Waals surface area contributed by atoms with Crippen LogP contribution in [0.5, 0.6) is 0 Å². The number of benzene rings is 1. The molecule has 1 atom stereocenters. The van der Waals surface area contributed by atoms with Gasteiger partial charge in [0.1, 0.15) is 0 Å². The second-order valence-corrected chi connectivity index (χ2v) is 6.81. The highest BCUT2D eigenvalue weighted by molar-refractivity contribution is 5.94. The molecule has 3 heterocycles. The molecule has 0 aliphatic carbocycles. The van der Waals surface area contributed by atoms with Crippen molar-refractivity contribution in [1.82, 2.24) is 14.5 Å². The number of aromatic nitrogens is 2. The molecule has 1 aromatic heterocycles. The molecule has 1 aromatic carbocycles. The van der Waals surface area contributed by atoms with E-state index in [1.807, 2.05) is 53.6 Å². The highest BCUT2D eigenvalue weighted by atomic mass is 16.2. The third kappa shape index (κ3) is 3.29. The molecule has 0 saturated carbocycles. The number of carbonyl (C=O) groups is 1. The zero-order chi connectivity index (χ0) is 17.2. The first kappa shape index (κ1) is 15.9. The number of piperidine rings is 1. The van der Waals surface area contributed by atoms with Crippen LogP contribution >= 0.6 is 0 Å². The average molecular weight is 337 g/mol. The summed E-state index contributed by atoms with van der Waals surface area (Å²) in [7, 11) is 0. The molecule has 2 aliphatic heterocycles. The van der Waals surface area contributed by atoms with Gasteiger partial charge in [0.15, 0.2) is 0 Å². The molecule has 4 rings (SSSR count). The summed E-state index contributed by atoms with van der Waals surface area (Å²) in [4.78, 5) is 18.9. The van der Waals surface area contributed by atoms with Gasteiger partial charge >= 0.3 is 0 Å². The van der Waals surface area contributed by atoms with Gasteiger partial charge in [0, 0.05) is 49.7 Å². The van der Waals surface area contributed by atoms with Crippen molar-refractivity contribution in [3.63, 3.8) is 0 Å². The fraction of sp³-hybridized carbons (Fsp3) is 0.421. The SMILES string of the molecule is CC1=NN(c2ccc(C(=O)N3CCC[C@H](n4ccnc4)C3)cc2)CC1.